The van der Waals surface area contributed by atoms with Crippen LogP contribution in [0.4, 0.5) is 0 Å². The Bertz CT molecular complexity index is 803. The van der Waals surface area contributed by atoms with E-state index in [0.29, 0.717) is 47.8 Å². The summed E-state index contributed by atoms with van der Waals surface area (Å²) in [5, 5.41) is 6.43. The molecule has 1 atom stereocenters. The maximum absolute atomic E-state index is 12.2. The Morgan fingerprint density at radius 2 is 1.62 bits per heavy atom. The topological polar surface area (TPSA) is 81.2 Å². The number of ether oxygens (including phenoxy) is 3. The summed E-state index contributed by atoms with van der Waals surface area (Å²) in [5.74, 6) is 3.49. The summed E-state index contributed by atoms with van der Waals surface area (Å²) in [6, 6.07) is 13.6. The quantitative estimate of drug-likeness (QED) is 0.454. The fourth-order valence-electron chi connectivity index (χ4n) is 2.76. The second-order valence-corrected chi connectivity index (χ2v) is 7.74. The van der Waals surface area contributed by atoms with Gasteiger partial charge in [-0.1, -0.05) is 30.3 Å². The summed E-state index contributed by atoms with van der Waals surface area (Å²) in [6.07, 6.45) is 0. The average Bonchev–Trinajstić information content (AvgIpc) is 2.75. The third kappa shape index (κ3) is 6.98. The molecule has 0 spiro atoms. The lowest BCUT2D eigenvalue weighted by Crippen LogP contribution is -2.38. The average molecular weight is 420 g/mol. The molecule has 2 aromatic rings. The monoisotopic (exact) mass is 419 g/mol. The Hall–Kier alpha value is -2.74. The van der Waals surface area contributed by atoms with Gasteiger partial charge < -0.3 is 24.8 Å². The van der Waals surface area contributed by atoms with Crippen LogP contribution in [0.2, 0.25) is 0 Å². The highest BCUT2D eigenvalue weighted by Gasteiger charge is 2.13. The van der Waals surface area contributed by atoms with E-state index in [-0.39, 0.29) is 0 Å². The van der Waals surface area contributed by atoms with Gasteiger partial charge in [-0.25, -0.2) is 0 Å². The fourth-order valence-corrected chi connectivity index (χ4v) is 3.80. The van der Waals surface area contributed by atoms with Gasteiger partial charge in [0.1, 0.15) is 0 Å². The maximum atomic E-state index is 12.2. The van der Waals surface area contributed by atoms with Crippen LogP contribution in [0.1, 0.15) is 11.1 Å². The lowest BCUT2D eigenvalue weighted by molar-refractivity contribution is 0.323. The molecule has 2 rings (SSSR count). The minimum absolute atomic E-state index is 0.517. The van der Waals surface area contributed by atoms with Crippen molar-refractivity contribution in [2.24, 2.45) is 4.99 Å². The standard InChI is InChI=1S/C21H29N3O4S/c1-22-21(23-10-11-29(25)15-16-8-6-5-7-9-16)24-14-17-12-18(26-2)20(28-4)19(13-17)27-3/h5-9,12-13H,10-11,14-15H2,1-4H3,(H2,22,23,24). The third-order valence-electron chi connectivity index (χ3n) is 4.20. The van der Waals surface area contributed by atoms with Crippen LogP contribution in [-0.4, -0.2) is 50.8 Å². The number of aliphatic imine (C=N–C) groups is 1. The van der Waals surface area contributed by atoms with Crippen molar-refractivity contribution in [3.63, 3.8) is 0 Å². The van der Waals surface area contributed by atoms with Crippen molar-refractivity contribution in [3.05, 3.63) is 53.6 Å². The summed E-state index contributed by atoms with van der Waals surface area (Å²) >= 11 is 0. The Kier molecular flexibility index (Phi) is 9.30. The van der Waals surface area contributed by atoms with E-state index in [0.717, 1.165) is 11.1 Å². The summed E-state index contributed by atoms with van der Waals surface area (Å²) < 4.78 is 28.3. The van der Waals surface area contributed by atoms with Crippen molar-refractivity contribution in [2.75, 3.05) is 40.7 Å². The molecule has 0 aromatic heterocycles. The van der Waals surface area contributed by atoms with Gasteiger partial charge in [0.05, 0.1) is 21.3 Å². The number of nitrogens with one attached hydrogen (secondary N) is 2. The fraction of sp³-hybridized carbons (Fsp3) is 0.381. The SMILES string of the molecule is CN=C(NCCS(=O)Cc1ccccc1)NCc1cc(OC)c(OC)c(OC)c1. The molecule has 0 aliphatic heterocycles. The second kappa shape index (κ2) is 12.0. The number of guanidine groups is 1. The molecule has 7 nitrogen and oxygen atoms in total. The van der Waals surface area contributed by atoms with E-state index in [1.807, 2.05) is 42.5 Å². The van der Waals surface area contributed by atoms with Gasteiger partial charge >= 0.3 is 0 Å². The van der Waals surface area contributed by atoms with Crippen LogP contribution in [0.5, 0.6) is 17.2 Å². The molecular formula is C21H29N3O4S. The Morgan fingerprint density at radius 3 is 2.17 bits per heavy atom. The zero-order chi connectivity index (χ0) is 21.1. The first kappa shape index (κ1) is 22.5. The number of hydrogen-bond donors (Lipinski definition) is 2. The number of hydrogen-bond acceptors (Lipinski definition) is 5. The zero-order valence-electron chi connectivity index (χ0n) is 17.4. The summed E-state index contributed by atoms with van der Waals surface area (Å²) in [6.45, 7) is 1.08. The molecule has 0 heterocycles. The van der Waals surface area contributed by atoms with Crippen LogP contribution in [0, 0.1) is 0 Å². The molecule has 0 amide bonds. The lowest BCUT2D eigenvalue weighted by Gasteiger charge is -2.16. The lowest BCUT2D eigenvalue weighted by atomic mass is 10.2. The van der Waals surface area contributed by atoms with Gasteiger partial charge in [0.2, 0.25) is 5.75 Å². The van der Waals surface area contributed by atoms with Gasteiger partial charge in [0, 0.05) is 42.4 Å². The van der Waals surface area contributed by atoms with E-state index in [1.54, 1.807) is 28.4 Å². The predicted octanol–water partition coefficient (Wildman–Crippen LogP) is 2.33. The van der Waals surface area contributed by atoms with E-state index < -0.39 is 10.8 Å². The molecule has 0 fully saturated rings. The minimum atomic E-state index is -0.934. The Morgan fingerprint density at radius 1 is 0.966 bits per heavy atom. The molecule has 0 saturated carbocycles. The highest BCUT2D eigenvalue weighted by Crippen LogP contribution is 2.38. The molecule has 2 aromatic carbocycles. The van der Waals surface area contributed by atoms with Gasteiger partial charge in [0.15, 0.2) is 17.5 Å². The van der Waals surface area contributed by atoms with E-state index in [1.165, 1.54) is 0 Å². The molecule has 0 radical (unpaired) electrons. The van der Waals surface area contributed by atoms with Crippen LogP contribution in [0.25, 0.3) is 0 Å². The number of benzene rings is 2. The Balaban J connectivity index is 1.85. The number of methoxy groups -OCH3 is 3. The van der Waals surface area contributed by atoms with E-state index in [9.17, 15) is 4.21 Å². The van der Waals surface area contributed by atoms with Gasteiger partial charge in [-0.05, 0) is 23.3 Å². The first-order chi connectivity index (χ1) is 14.1. The summed E-state index contributed by atoms with van der Waals surface area (Å²) in [5.41, 5.74) is 2.03. The van der Waals surface area contributed by atoms with Crippen LogP contribution in [-0.2, 0) is 23.1 Å². The first-order valence-electron chi connectivity index (χ1n) is 9.23. The number of rotatable bonds is 10. The maximum Gasteiger partial charge on any atom is 0.203 e. The molecule has 8 heteroatoms. The summed E-state index contributed by atoms with van der Waals surface area (Å²) in [4.78, 5) is 4.21. The van der Waals surface area contributed by atoms with Crippen molar-refractivity contribution in [2.45, 2.75) is 12.3 Å². The van der Waals surface area contributed by atoms with Crippen molar-refractivity contribution in [3.8, 4) is 17.2 Å². The van der Waals surface area contributed by atoms with Gasteiger partial charge in [-0.3, -0.25) is 9.20 Å². The highest BCUT2D eigenvalue weighted by atomic mass is 32.2. The minimum Gasteiger partial charge on any atom is -0.493 e. The zero-order valence-corrected chi connectivity index (χ0v) is 18.2. The predicted molar refractivity (Wildman–Crippen MR) is 117 cm³/mol. The van der Waals surface area contributed by atoms with E-state index >= 15 is 0 Å². The largest absolute Gasteiger partial charge is 0.493 e. The van der Waals surface area contributed by atoms with Crippen molar-refractivity contribution in [1.29, 1.82) is 0 Å². The molecule has 29 heavy (non-hydrogen) atoms. The normalized spacial score (nSPS) is 12.2. The smallest absolute Gasteiger partial charge is 0.203 e. The molecule has 0 aliphatic rings. The third-order valence-corrected chi connectivity index (χ3v) is 5.52. The van der Waals surface area contributed by atoms with Crippen LogP contribution >= 0.6 is 0 Å². The Labute approximate surface area is 174 Å². The molecule has 0 bridgehead atoms. The molecule has 0 aliphatic carbocycles. The van der Waals surface area contributed by atoms with E-state index in [4.69, 9.17) is 14.2 Å². The summed E-state index contributed by atoms with van der Waals surface area (Å²) in [7, 11) is 5.52. The second-order valence-electron chi connectivity index (χ2n) is 6.16. The van der Waals surface area contributed by atoms with Gasteiger partial charge in [0.25, 0.3) is 0 Å². The first-order valence-corrected chi connectivity index (χ1v) is 10.7. The van der Waals surface area contributed by atoms with E-state index in [2.05, 4.69) is 15.6 Å². The van der Waals surface area contributed by atoms with Crippen LogP contribution < -0.4 is 24.8 Å². The van der Waals surface area contributed by atoms with Crippen molar-refractivity contribution >= 4 is 16.8 Å². The van der Waals surface area contributed by atoms with Crippen LogP contribution in [0.15, 0.2) is 47.5 Å². The highest BCUT2D eigenvalue weighted by molar-refractivity contribution is 7.84. The van der Waals surface area contributed by atoms with Gasteiger partial charge in [-0.2, -0.15) is 0 Å². The van der Waals surface area contributed by atoms with Crippen molar-refractivity contribution in [1.82, 2.24) is 10.6 Å². The molecule has 1 unspecified atom stereocenters. The van der Waals surface area contributed by atoms with Gasteiger partial charge in [-0.15, -0.1) is 0 Å². The molecule has 2 N–H and O–H groups in total. The molecule has 158 valence electrons. The van der Waals surface area contributed by atoms with Crippen LogP contribution in [0.3, 0.4) is 0 Å². The van der Waals surface area contributed by atoms with Crippen molar-refractivity contribution < 1.29 is 18.4 Å². The number of nitrogens with zero attached hydrogens (tertiary/aromatic N) is 1. The molecule has 0 saturated heterocycles. The molecular weight excluding hydrogens is 390 g/mol.